The molecule has 1 aliphatic carbocycles. The summed E-state index contributed by atoms with van der Waals surface area (Å²) in [5.41, 5.74) is 8.44. The van der Waals surface area contributed by atoms with E-state index >= 15 is 0 Å². The van der Waals surface area contributed by atoms with Gasteiger partial charge in [-0.1, -0.05) is 37.3 Å². The molecule has 0 saturated heterocycles. The number of carbonyl (C=O) groups excluding carboxylic acids is 2. The summed E-state index contributed by atoms with van der Waals surface area (Å²) in [4.78, 5) is 33.8. The van der Waals surface area contributed by atoms with Gasteiger partial charge in [0.05, 0.1) is 11.9 Å². The van der Waals surface area contributed by atoms with Crippen LogP contribution in [0.5, 0.6) is 0 Å². The third-order valence-corrected chi connectivity index (χ3v) is 5.84. The minimum absolute atomic E-state index is 0.0553. The zero-order valence-corrected chi connectivity index (χ0v) is 18.0. The van der Waals surface area contributed by atoms with Gasteiger partial charge in [0.1, 0.15) is 0 Å². The van der Waals surface area contributed by atoms with E-state index in [0.717, 1.165) is 37.2 Å². The van der Waals surface area contributed by atoms with Crippen LogP contribution in [0.15, 0.2) is 60.8 Å². The molecule has 1 heterocycles. The summed E-state index contributed by atoms with van der Waals surface area (Å²) in [6.45, 7) is 2.26. The number of benzene rings is 2. The van der Waals surface area contributed by atoms with E-state index in [2.05, 4.69) is 27.5 Å². The summed E-state index contributed by atoms with van der Waals surface area (Å²) < 4.78 is 0. The molecule has 1 saturated carbocycles. The lowest BCUT2D eigenvalue weighted by Gasteiger charge is -2.26. The molecule has 7 nitrogen and oxygen atoms in total. The van der Waals surface area contributed by atoms with E-state index in [9.17, 15) is 9.59 Å². The monoisotopic (exact) mass is 429 g/mol. The van der Waals surface area contributed by atoms with Crippen LogP contribution in [0.3, 0.4) is 0 Å². The van der Waals surface area contributed by atoms with E-state index in [4.69, 9.17) is 5.73 Å². The maximum atomic E-state index is 12.6. The van der Waals surface area contributed by atoms with Gasteiger partial charge in [-0.15, -0.1) is 0 Å². The molecule has 1 fully saturated rings. The largest absolute Gasteiger partial charge is 0.382 e. The van der Waals surface area contributed by atoms with Gasteiger partial charge in [0.25, 0.3) is 11.8 Å². The van der Waals surface area contributed by atoms with Crippen molar-refractivity contribution in [3.05, 3.63) is 72.1 Å². The van der Waals surface area contributed by atoms with Crippen LogP contribution in [0.25, 0.3) is 11.3 Å². The average Bonchev–Trinajstić information content (AvgIpc) is 2.81. The summed E-state index contributed by atoms with van der Waals surface area (Å²) >= 11 is 0. The van der Waals surface area contributed by atoms with Gasteiger partial charge >= 0.3 is 0 Å². The van der Waals surface area contributed by atoms with Crippen LogP contribution in [0.2, 0.25) is 0 Å². The minimum Gasteiger partial charge on any atom is -0.382 e. The predicted molar refractivity (Wildman–Crippen MR) is 125 cm³/mol. The highest BCUT2D eigenvalue weighted by molar-refractivity contribution is 6.06. The predicted octanol–water partition coefficient (Wildman–Crippen LogP) is 4.29. The fraction of sp³-hybridized carbons (Fsp3) is 0.280. The van der Waals surface area contributed by atoms with Crippen molar-refractivity contribution in [1.82, 2.24) is 15.3 Å². The maximum absolute atomic E-state index is 12.6. The molecule has 0 aliphatic heterocycles. The number of anilines is 2. The smallest absolute Gasteiger partial charge is 0.278 e. The third kappa shape index (κ3) is 5.11. The van der Waals surface area contributed by atoms with E-state index in [1.54, 1.807) is 36.4 Å². The van der Waals surface area contributed by atoms with Gasteiger partial charge in [-0.25, -0.2) is 9.97 Å². The molecular weight excluding hydrogens is 402 g/mol. The van der Waals surface area contributed by atoms with Crippen LogP contribution >= 0.6 is 0 Å². The summed E-state index contributed by atoms with van der Waals surface area (Å²) in [5.74, 6) is 0.298. The van der Waals surface area contributed by atoms with E-state index in [1.165, 1.54) is 6.20 Å². The second-order valence-electron chi connectivity index (χ2n) is 8.32. The normalized spacial score (nSPS) is 18.0. The summed E-state index contributed by atoms with van der Waals surface area (Å²) in [6, 6.07) is 16.5. The van der Waals surface area contributed by atoms with Crippen molar-refractivity contribution in [3.8, 4) is 11.3 Å². The second-order valence-corrected chi connectivity index (χ2v) is 8.32. The third-order valence-electron chi connectivity index (χ3n) is 5.84. The molecular formula is C25H27N5O2. The number of rotatable bonds is 5. The Labute approximate surface area is 187 Å². The highest BCUT2D eigenvalue weighted by Crippen LogP contribution is 2.24. The van der Waals surface area contributed by atoms with Crippen LogP contribution < -0.4 is 16.4 Å². The molecule has 1 aliphatic rings. The van der Waals surface area contributed by atoms with Crippen LogP contribution in [-0.4, -0.2) is 27.8 Å². The molecule has 0 atom stereocenters. The van der Waals surface area contributed by atoms with Gasteiger partial charge in [-0.2, -0.15) is 0 Å². The lowest BCUT2D eigenvalue weighted by Crippen LogP contribution is -2.37. The Morgan fingerprint density at radius 3 is 2.31 bits per heavy atom. The van der Waals surface area contributed by atoms with Crippen molar-refractivity contribution in [2.24, 2.45) is 5.92 Å². The zero-order chi connectivity index (χ0) is 22.5. The molecule has 0 unspecified atom stereocenters. The first-order valence-corrected chi connectivity index (χ1v) is 10.9. The molecule has 4 rings (SSSR count). The number of carbonyl (C=O) groups is 2. The Kier molecular flexibility index (Phi) is 6.44. The van der Waals surface area contributed by atoms with Crippen LogP contribution in [0.4, 0.5) is 11.5 Å². The lowest BCUT2D eigenvalue weighted by atomic mass is 9.87. The number of nitrogens with one attached hydrogen (secondary N) is 2. The lowest BCUT2D eigenvalue weighted by molar-refractivity contribution is 0.0922. The van der Waals surface area contributed by atoms with Crippen molar-refractivity contribution < 1.29 is 9.59 Å². The maximum Gasteiger partial charge on any atom is 0.278 e. The van der Waals surface area contributed by atoms with E-state index in [-0.39, 0.29) is 23.5 Å². The van der Waals surface area contributed by atoms with Crippen LogP contribution in [-0.2, 0) is 0 Å². The van der Waals surface area contributed by atoms with Crippen LogP contribution in [0, 0.1) is 5.92 Å². The summed E-state index contributed by atoms with van der Waals surface area (Å²) in [6.07, 6.45) is 5.88. The Morgan fingerprint density at radius 1 is 0.938 bits per heavy atom. The van der Waals surface area contributed by atoms with Gasteiger partial charge < -0.3 is 16.4 Å². The molecule has 7 heteroatoms. The number of nitrogens with two attached hydrogens (primary N) is 1. The fourth-order valence-corrected chi connectivity index (χ4v) is 3.88. The first-order chi connectivity index (χ1) is 15.5. The zero-order valence-electron chi connectivity index (χ0n) is 18.0. The molecule has 0 radical (unpaired) electrons. The number of para-hydroxylation sites is 1. The Balaban J connectivity index is 1.46. The molecule has 2 amide bonds. The highest BCUT2D eigenvalue weighted by Gasteiger charge is 2.20. The molecule has 1 aromatic heterocycles. The Morgan fingerprint density at radius 2 is 1.62 bits per heavy atom. The van der Waals surface area contributed by atoms with E-state index in [1.807, 2.05) is 18.2 Å². The molecule has 0 bridgehead atoms. The van der Waals surface area contributed by atoms with Gasteiger partial charge in [0.2, 0.25) is 0 Å². The van der Waals surface area contributed by atoms with Crippen molar-refractivity contribution >= 4 is 23.3 Å². The van der Waals surface area contributed by atoms with Crippen molar-refractivity contribution in [2.45, 2.75) is 38.6 Å². The summed E-state index contributed by atoms with van der Waals surface area (Å²) in [5, 5.41) is 5.90. The molecule has 0 spiro atoms. The van der Waals surface area contributed by atoms with E-state index in [0.29, 0.717) is 16.9 Å². The molecule has 3 aromatic rings. The highest BCUT2D eigenvalue weighted by atomic mass is 16.2. The van der Waals surface area contributed by atoms with Gasteiger partial charge in [0, 0.05) is 22.9 Å². The van der Waals surface area contributed by atoms with E-state index < -0.39 is 5.91 Å². The number of hydrogen-bond acceptors (Lipinski definition) is 5. The first kappa shape index (κ1) is 21.5. The number of nitrogens with zero attached hydrogens (tertiary/aromatic N) is 2. The van der Waals surface area contributed by atoms with Crippen molar-refractivity contribution in [2.75, 3.05) is 11.1 Å². The Hall–Kier alpha value is -3.74. The van der Waals surface area contributed by atoms with Gasteiger partial charge in [0.15, 0.2) is 11.5 Å². The Bertz CT molecular complexity index is 1090. The number of nitrogen functional groups attached to an aromatic ring is 1. The van der Waals surface area contributed by atoms with Crippen molar-refractivity contribution in [1.29, 1.82) is 0 Å². The number of amides is 2. The van der Waals surface area contributed by atoms with Crippen molar-refractivity contribution in [3.63, 3.8) is 0 Å². The quantitative estimate of drug-likeness (QED) is 0.560. The molecule has 32 heavy (non-hydrogen) atoms. The molecule has 4 N–H and O–H groups in total. The standard InChI is InChI=1S/C25H27N5O2/c1-16-7-13-20(14-8-16)28-24(31)18-11-9-17(10-12-18)21-15-27-23(26)22(30-21)25(32)29-19-5-3-2-4-6-19/h2-6,9-12,15-16,20H,7-8,13-14H2,1H3,(H2,26,27)(H,28,31)(H,29,32)/t16-,20+. The number of aromatic nitrogens is 2. The van der Waals surface area contributed by atoms with Crippen LogP contribution in [0.1, 0.15) is 53.5 Å². The summed E-state index contributed by atoms with van der Waals surface area (Å²) in [7, 11) is 0. The average molecular weight is 430 g/mol. The fourth-order valence-electron chi connectivity index (χ4n) is 3.88. The SMILES string of the molecule is C[C@H]1CC[C@@H](NC(=O)c2ccc(-c3cnc(N)c(C(=O)Nc4ccccc4)n3)cc2)CC1. The minimum atomic E-state index is -0.430. The van der Waals surface area contributed by atoms with Gasteiger partial charge in [-0.05, 0) is 55.9 Å². The molecule has 2 aromatic carbocycles. The van der Waals surface area contributed by atoms with Gasteiger partial charge in [-0.3, -0.25) is 9.59 Å². The first-order valence-electron chi connectivity index (χ1n) is 10.9. The number of hydrogen-bond donors (Lipinski definition) is 3. The second kappa shape index (κ2) is 9.60. The topological polar surface area (TPSA) is 110 Å². The molecule has 164 valence electrons.